The minimum Gasteiger partial charge on any atom is -0.467 e. The molecular formula is C17H19NO4. The second-order valence-corrected chi connectivity index (χ2v) is 4.96. The van der Waals surface area contributed by atoms with Crippen LogP contribution in [0.3, 0.4) is 0 Å². The van der Waals surface area contributed by atoms with Gasteiger partial charge in [0.2, 0.25) is 5.91 Å². The smallest absolute Gasteiger partial charge is 0.328 e. The zero-order chi connectivity index (χ0) is 15.9. The van der Waals surface area contributed by atoms with Gasteiger partial charge in [0.1, 0.15) is 12.6 Å². The van der Waals surface area contributed by atoms with Crippen LogP contribution in [0.4, 0.5) is 0 Å². The SMILES string of the molecule is COCC(=O)N[C@H](Cc1ccc2ccccc2c1)C(=O)OC. The lowest BCUT2D eigenvalue weighted by Crippen LogP contribution is -2.44. The molecule has 0 aromatic heterocycles. The summed E-state index contributed by atoms with van der Waals surface area (Å²) < 4.78 is 9.52. The average molecular weight is 301 g/mol. The topological polar surface area (TPSA) is 64.6 Å². The molecular weight excluding hydrogens is 282 g/mol. The van der Waals surface area contributed by atoms with Gasteiger partial charge in [-0.05, 0) is 16.3 Å². The number of rotatable bonds is 6. The van der Waals surface area contributed by atoms with E-state index in [4.69, 9.17) is 9.47 Å². The summed E-state index contributed by atoms with van der Waals surface area (Å²) in [6.45, 7) is -0.0920. The van der Waals surface area contributed by atoms with Gasteiger partial charge in [0.25, 0.3) is 0 Å². The Morgan fingerprint density at radius 1 is 1.09 bits per heavy atom. The van der Waals surface area contributed by atoms with Gasteiger partial charge in [-0.25, -0.2) is 4.79 Å². The number of carbonyl (C=O) groups is 2. The summed E-state index contributed by atoms with van der Waals surface area (Å²) in [5, 5.41) is 4.85. The highest BCUT2D eigenvalue weighted by Crippen LogP contribution is 2.17. The van der Waals surface area contributed by atoms with Crippen LogP contribution in [0.1, 0.15) is 5.56 Å². The third kappa shape index (κ3) is 4.05. The summed E-state index contributed by atoms with van der Waals surface area (Å²) >= 11 is 0. The van der Waals surface area contributed by atoms with E-state index < -0.39 is 12.0 Å². The predicted molar refractivity (Wildman–Crippen MR) is 83.5 cm³/mol. The molecule has 0 unspecified atom stereocenters. The summed E-state index contributed by atoms with van der Waals surface area (Å²) in [6.07, 6.45) is 0.368. The number of hydrogen-bond acceptors (Lipinski definition) is 4. The van der Waals surface area contributed by atoms with Gasteiger partial charge in [0, 0.05) is 13.5 Å². The van der Waals surface area contributed by atoms with Gasteiger partial charge in [-0.2, -0.15) is 0 Å². The van der Waals surface area contributed by atoms with Crippen molar-refractivity contribution in [2.45, 2.75) is 12.5 Å². The van der Waals surface area contributed by atoms with E-state index in [-0.39, 0.29) is 12.5 Å². The van der Waals surface area contributed by atoms with E-state index in [0.29, 0.717) is 6.42 Å². The van der Waals surface area contributed by atoms with Gasteiger partial charge in [0.15, 0.2) is 0 Å². The summed E-state index contributed by atoms with van der Waals surface area (Å²) in [6, 6.07) is 13.2. The Morgan fingerprint density at radius 3 is 2.50 bits per heavy atom. The van der Waals surface area contributed by atoms with E-state index in [0.717, 1.165) is 16.3 Å². The lowest BCUT2D eigenvalue weighted by atomic mass is 10.0. The molecule has 1 atom stereocenters. The van der Waals surface area contributed by atoms with Crippen LogP contribution in [0.5, 0.6) is 0 Å². The van der Waals surface area contributed by atoms with Crippen LogP contribution in [0.15, 0.2) is 42.5 Å². The third-order valence-corrected chi connectivity index (χ3v) is 3.35. The fraction of sp³-hybridized carbons (Fsp3) is 0.294. The fourth-order valence-corrected chi connectivity index (χ4v) is 2.30. The van der Waals surface area contributed by atoms with Gasteiger partial charge in [0.05, 0.1) is 7.11 Å². The predicted octanol–water partition coefficient (Wildman–Crippen LogP) is 1.69. The van der Waals surface area contributed by atoms with Gasteiger partial charge in [-0.1, -0.05) is 42.5 Å². The number of esters is 1. The minimum absolute atomic E-state index is 0.0920. The van der Waals surface area contributed by atoms with Crippen molar-refractivity contribution < 1.29 is 19.1 Å². The van der Waals surface area contributed by atoms with Crippen LogP contribution in [-0.4, -0.2) is 38.7 Å². The van der Waals surface area contributed by atoms with Crippen LogP contribution in [-0.2, 0) is 25.5 Å². The number of methoxy groups -OCH3 is 2. The summed E-state index contributed by atoms with van der Waals surface area (Å²) in [5.74, 6) is -0.823. The highest BCUT2D eigenvalue weighted by atomic mass is 16.5. The Bertz CT molecular complexity index is 669. The Labute approximate surface area is 129 Å². The number of nitrogens with one attached hydrogen (secondary N) is 1. The van der Waals surface area contributed by atoms with Crippen molar-refractivity contribution in [1.29, 1.82) is 0 Å². The fourth-order valence-electron chi connectivity index (χ4n) is 2.30. The molecule has 0 heterocycles. The highest BCUT2D eigenvalue weighted by molar-refractivity contribution is 5.86. The van der Waals surface area contributed by atoms with Crippen LogP contribution < -0.4 is 5.32 Å². The van der Waals surface area contributed by atoms with Crippen LogP contribution in [0.25, 0.3) is 10.8 Å². The molecule has 0 radical (unpaired) electrons. The van der Waals surface area contributed by atoms with Crippen LogP contribution in [0.2, 0.25) is 0 Å². The molecule has 1 amide bonds. The van der Waals surface area contributed by atoms with Crippen molar-refractivity contribution in [1.82, 2.24) is 5.32 Å². The maximum Gasteiger partial charge on any atom is 0.328 e. The number of carbonyl (C=O) groups excluding carboxylic acids is 2. The zero-order valence-corrected chi connectivity index (χ0v) is 12.7. The van der Waals surface area contributed by atoms with Gasteiger partial charge < -0.3 is 14.8 Å². The minimum atomic E-state index is -0.728. The monoisotopic (exact) mass is 301 g/mol. The maximum atomic E-state index is 11.8. The van der Waals surface area contributed by atoms with E-state index in [2.05, 4.69) is 5.32 Å². The highest BCUT2D eigenvalue weighted by Gasteiger charge is 2.21. The van der Waals surface area contributed by atoms with Crippen molar-refractivity contribution in [2.75, 3.05) is 20.8 Å². The van der Waals surface area contributed by atoms with E-state index in [1.807, 2.05) is 42.5 Å². The maximum absolute atomic E-state index is 11.8. The van der Waals surface area contributed by atoms with Crippen molar-refractivity contribution in [3.8, 4) is 0 Å². The second-order valence-electron chi connectivity index (χ2n) is 4.96. The van der Waals surface area contributed by atoms with Crippen molar-refractivity contribution in [2.24, 2.45) is 0 Å². The van der Waals surface area contributed by atoms with E-state index in [1.165, 1.54) is 14.2 Å². The van der Waals surface area contributed by atoms with Crippen molar-refractivity contribution in [3.05, 3.63) is 48.0 Å². The molecule has 5 nitrogen and oxygen atoms in total. The Balaban J connectivity index is 2.17. The van der Waals surface area contributed by atoms with E-state index in [9.17, 15) is 9.59 Å². The first-order chi connectivity index (χ1) is 10.6. The number of benzene rings is 2. The molecule has 2 rings (SSSR count). The first-order valence-corrected chi connectivity index (χ1v) is 6.98. The van der Waals surface area contributed by atoms with Gasteiger partial charge in [-0.15, -0.1) is 0 Å². The quantitative estimate of drug-likeness (QED) is 0.825. The molecule has 0 saturated heterocycles. The second kappa shape index (κ2) is 7.56. The molecule has 0 spiro atoms. The normalized spacial score (nSPS) is 11.9. The van der Waals surface area contributed by atoms with Crippen molar-refractivity contribution >= 4 is 22.6 Å². The molecule has 1 N–H and O–H groups in total. The zero-order valence-electron chi connectivity index (χ0n) is 12.7. The van der Waals surface area contributed by atoms with Gasteiger partial charge in [-0.3, -0.25) is 4.79 Å². The lowest BCUT2D eigenvalue weighted by molar-refractivity contribution is -0.145. The lowest BCUT2D eigenvalue weighted by Gasteiger charge is -2.16. The number of hydrogen-bond donors (Lipinski definition) is 1. The molecule has 116 valence electrons. The average Bonchev–Trinajstić information content (AvgIpc) is 2.53. The van der Waals surface area contributed by atoms with E-state index >= 15 is 0 Å². The molecule has 0 aliphatic heterocycles. The molecule has 22 heavy (non-hydrogen) atoms. The molecule has 5 heteroatoms. The largest absolute Gasteiger partial charge is 0.467 e. The van der Waals surface area contributed by atoms with Crippen molar-refractivity contribution in [3.63, 3.8) is 0 Å². The first-order valence-electron chi connectivity index (χ1n) is 6.98. The molecule has 0 saturated carbocycles. The molecule has 2 aromatic carbocycles. The molecule has 2 aromatic rings. The van der Waals surface area contributed by atoms with Crippen LogP contribution in [0, 0.1) is 0 Å². The molecule has 0 aliphatic rings. The Hall–Kier alpha value is -2.40. The van der Waals surface area contributed by atoms with E-state index in [1.54, 1.807) is 0 Å². The third-order valence-electron chi connectivity index (χ3n) is 3.35. The standard InChI is InChI=1S/C17H19NO4/c1-21-11-16(19)18-15(17(20)22-2)10-12-7-8-13-5-3-4-6-14(13)9-12/h3-9,15H,10-11H2,1-2H3,(H,18,19)/t15-/m1/s1. The molecule has 0 fully saturated rings. The first kappa shape index (κ1) is 16.0. The molecule has 0 bridgehead atoms. The number of ether oxygens (including phenoxy) is 2. The Kier molecular flexibility index (Phi) is 5.49. The van der Waals surface area contributed by atoms with Gasteiger partial charge >= 0.3 is 5.97 Å². The summed E-state index contributed by atoms with van der Waals surface area (Å²) in [5.41, 5.74) is 0.951. The van der Waals surface area contributed by atoms with Crippen LogP contribution >= 0.6 is 0 Å². The number of fused-ring (bicyclic) bond motifs is 1. The Morgan fingerprint density at radius 2 is 1.82 bits per heavy atom. The summed E-state index contributed by atoms with van der Waals surface area (Å²) in [4.78, 5) is 23.5. The molecule has 0 aliphatic carbocycles. The number of amides is 1. The summed E-state index contributed by atoms with van der Waals surface area (Å²) in [7, 11) is 2.73.